The number of halogens is 1. The molecular weight excluding hydrogens is 310 g/mol. The molecule has 1 fully saturated rings. The monoisotopic (exact) mass is 332 g/mol. The fourth-order valence-electron chi connectivity index (χ4n) is 2.72. The van der Waals surface area contributed by atoms with Gasteiger partial charge in [0.05, 0.1) is 11.2 Å². The average molecular weight is 332 g/mol. The fraction of sp³-hybridized carbons (Fsp3) is 0.444. The quantitative estimate of drug-likeness (QED) is 0.636. The molecule has 4 nitrogen and oxygen atoms in total. The van der Waals surface area contributed by atoms with Crippen LogP contribution in [0.5, 0.6) is 5.75 Å². The van der Waals surface area contributed by atoms with Gasteiger partial charge in [0.15, 0.2) is 6.79 Å². The Balaban J connectivity index is 2.03. The number of methoxy groups -OCH3 is 1. The summed E-state index contributed by atoms with van der Waals surface area (Å²) in [7, 11) is 0.816. The minimum absolute atomic E-state index is 0.163. The number of hydrogen-bond donors (Lipinski definition) is 0. The van der Waals surface area contributed by atoms with Crippen LogP contribution >= 0.6 is 0 Å². The summed E-state index contributed by atoms with van der Waals surface area (Å²) in [6.07, 6.45) is 0. The van der Waals surface area contributed by atoms with E-state index in [0.29, 0.717) is 11.2 Å². The standard InChI is InChI=1S/C18H22BFO4/c1-17(2)18(3,4)24-19(23-17)16-14-8-7-13(22-11-21-5)10-12(14)6-9-15(16)20/h6-10H,11H2,1-5H3. The molecule has 0 atom stereocenters. The van der Waals surface area contributed by atoms with Crippen molar-refractivity contribution in [3.05, 3.63) is 36.1 Å². The number of ether oxygens (including phenoxy) is 2. The van der Waals surface area contributed by atoms with Crippen LogP contribution in [-0.4, -0.2) is 32.2 Å². The van der Waals surface area contributed by atoms with Gasteiger partial charge in [0.1, 0.15) is 11.6 Å². The Hall–Kier alpha value is -1.63. The average Bonchev–Trinajstić information content (AvgIpc) is 2.72. The molecule has 0 bridgehead atoms. The van der Waals surface area contributed by atoms with Crippen molar-refractivity contribution in [3.8, 4) is 5.75 Å². The molecule has 0 aromatic heterocycles. The minimum Gasteiger partial charge on any atom is -0.468 e. The third kappa shape index (κ3) is 2.90. The molecule has 24 heavy (non-hydrogen) atoms. The Morgan fingerprint density at radius 3 is 2.33 bits per heavy atom. The molecule has 1 saturated heterocycles. The van der Waals surface area contributed by atoms with E-state index in [1.165, 1.54) is 6.07 Å². The lowest BCUT2D eigenvalue weighted by Crippen LogP contribution is -2.41. The van der Waals surface area contributed by atoms with Crippen molar-refractivity contribution in [2.45, 2.75) is 38.9 Å². The van der Waals surface area contributed by atoms with Gasteiger partial charge in [-0.15, -0.1) is 0 Å². The zero-order valence-corrected chi connectivity index (χ0v) is 14.7. The molecule has 1 aliphatic heterocycles. The van der Waals surface area contributed by atoms with Crippen LogP contribution < -0.4 is 10.2 Å². The van der Waals surface area contributed by atoms with Gasteiger partial charge in [-0.1, -0.05) is 12.1 Å². The van der Waals surface area contributed by atoms with Crippen LogP contribution in [0.1, 0.15) is 27.7 Å². The Kier molecular flexibility index (Phi) is 4.32. The highest BCUT2D eigenvalue weighted by Gasteiger charge is 2.52. The second kappa shape index (κ2) is 6.03. The van der Waals surface area contributed by atoms with E-state index >= 15 is 0 Å². The zero-order chi connectivity index (χ0) is 17.5. The van der Waals surface area contributed by atoms with E-state index in [1.54, 1.807) is 19.2 Å². The maximum Gasteiger partial charge on any atom is 0.498 e. The van der Waals surface area contributed by atoms with Gasteiger partial charge < -0.3 is 18.8 Å². The van der Waals surface area contributed by atoms with E-state index < -0.39 is 18.3 Å². The third-order valence-electron chi connectivity index (χ3n) is 4.81. The molecule has 0 radical (unpaired) electrons. The summed E-state index contributed by atoms with van der Waals surface area (Å²) < 4.78 is 37.0. The van der Waals surface area contributed by atoms with Crippen LogP contribution in [0.15, 0.2) is 30.3 Å². The first-order valence-corrected chi connectivity index (χ1v) is 7.95. The summed E-state index contributed by atoms with van der Waals surface area (Å²) in [5, 5.41) is 1.60. The van der Waals surface area contributed by atoms with Crippen LogP contribution in [0.3, 0.4) is 0 Å². The van der Waals surface area contributed by atoms with E-state index in [-0.39, 0.29) is 12.6 Å². The zero-order valence-electron chi connectivity index (χ0n) is 14.7. The molecule has 2 aromatic rings. The van der Waals surface area contributed by atoms with Crippen LogP contribution in [-0.2, 0) is 14.0 Å². The second-order valence-corrected chi connectivity index (χ2v) is 6.98. The van der Waals surface area contributed by atoms with E-state index in [0.717, 1.165) is 10.8 Å². The highest BCUT2D eigenvalue weighted by atomic mass is 19.1. The van der Waals surface area contributed by atoms with E-state index in [4.69, 9.17) is 18.8 Å². The Labute approximate surface area is 142 Å². The Morgan fingerprint density at radius 2 is 1.71 bits per heavy atom. The molecular formula is C18H22BFO4. The van der Waals surface area contributed by atoms with Gasteiger partial charge in [-0.3, -0.25) is 0 Å². The van der Waals surface area contributed by atoms with Crippen molar-refractivity contribution in [2.75, 3.05) is 13.9 Å². The number of fused-ring (bicyclic) bond motifs is 1. The summed E-state index contributed by atoms with van der Waals surface area (Å²) in [5.74, 6) is 0.322. The van der Waals surface area contributed by atoms with Gasteiger partial charge in [-0.05, 0) is 56.7 Å². The van der Waals surface area contributed by atoms with Crippen LogP contribution in [0.2, 0.25) is 0 Å². The van der Waals surface area contributed by atoms with Crippen LogP contribution in [0.25, 0.3) is 10.8 Å². The van der Waals surface area contributed by atoms with Crippen LogP contribution in [0.4, 0.5) is 4.39 Å². The summed E-state index contributed by atoms with van der Waals surface area (Å²) in [4.78, 5) is 0. The second-order valence-electron chi connectivity index (χ2n) is 6.98. The lowest BCUT2D eigenvalue weighted by molar-refractivity contribution is 0.00578. The molecule has 0 unspecified atom stereocenters. The number of benzene rings is 2. The van der Waals surface area contributed by atoms with Gasteiger partial charge in [-0.25, -0.2) is 4.39 Å². The lowest BCUT2D eigenvalue weighted by Gasteiger charge is -2.32. The van der Waals surface area contributed by atoms with Crippen molar-refractivity contribution >= 4 is 23.4 Å². The number of rotatable bonds is 4. The van der Waals surface area contributed by atoms with E-state index in [9.17, 15) is 4.39 Å². The van der Waals surface area contributed by atoms with Gasteiger partial charge in [0, 0.05) is 12.6 Å². The molecule has 0 saturated carbocycles. The van der Waals surface area contributed by atoms with Gasteiger partial charge in [0.2, 0.25) is 0 Å². The summed E-state index contributed by atoms with van der Waals surface area (Å²) in [5.41, 5.74) is -0.619. The molecule has 0 aliphatic carbocycles. The SMILES string of the molecule is COCOc1ccc2c(B3OC(C)(C)C(C)(C)O3)c(F)ccc2c1. The first-order valence-electron chi connectivity index (χ1n) is 7.95. The maximum atomic E-state index is 14.6. The van der Waals surface area contributed by atoms with Crippen molar-refractivity contribution in [3.63, 3.8) is 0 Å². The predicted octanol–water partition coefficient (Wildman–Crippen LogP) is 3.26. The maximum absolute atomic E-state index is 14.6. The lowest BCUT2D eigenvalue weighted by atomic mass is 9.75. The molecule has 6 heteroatoms. The molecule has 0 spiro atoms. The highest BCUT2D eigenvalue weighted by Crippen LogP contribution is 2.37. The van der Waals surface area contributed by atoms with Gasteiger partial charge in [-0.2, -0.15) is 0 Å². The molecule has 2 aromatic carbocycles. The molecule has 3 rings (SSSR count). The van der Waals surface area contributed by atoms with Crippen molar-refractivity contribution < 1.29 is 23.2 Å². The molecule has 1 aliphatic rings. The normalized spacial score (nSPS) is 19.0. The smallest absolute Gasteiger partial charge is 0.468 e. The van der Waals surface area contributed by atoms with Crippen molar-refractivity contribution in [2.24, 2.45) is 0 Å². The number of hydrogen-bond acceptors (Lipinski definition) is 4. The molecule has 1 heterocycles. The van der Waals surface area contributed by atoms with Gasteiger partial charge in [0.25, 0.3) is 0 Å². The Bertz CT molecular complexity index is 744. The molecule has 0 N–H and O–H groups in total. The fourth-order valence-corrected chi connectivity index (χ4v) is 2.72. The third-order valence-corrected chi connectivity index (χ3v) is 4.81. The van der Waals surface area contributed by atoms with E-state index in [1.807, 2.05) is 39.8 Å². The highest BCUT2D eigenvalue weighted by molar-refractivity contribution is 6.65. The first kappa shape index (κ1) is 17.2. The first-order chi connectivity index (χ1) is 11.2. The minimum atomic E-state index is -0.746. The summed E-state index contributed by atoms with van der Waals surface area (Å²) >= 11 is 0. The summed E-state index contributed by atoms with van der Waals surface area (Å²) in [6, 6.07) is 8.61. The largest absolute Gasteiger partial charge is 0.498 e. The molecule has 0 amide bonds. The summed E-state index contributed by atoms with van der Waals surface area (Å²) in [6.45, 7) is 7.97. The predicted molar refractivity (Wildman–Crippen MR) is 92.1 cm³/mol. The van der Waals surface area contributed by atoms with Crippen LogP contribution in [0, 0.1) is 5.82 Å². The van der Waals surface area contributed by atoms with Crippen molar-refractivity contribution in [1.82, 2.24) is 0 Å². The Morgan fingerprint density at radius 1 is 1.04 bits per heavy atom. The molecule has 128 valence electrons. The van der Waals surface area contributed by atoms with Crippen molar-refractivity contribution in [1.29, 1.82) is 0 Å². The van der Waals surface area contributed by atoms with Gasteiger partial charge >= 0.3 is 7.12 Å². The topological polar surface area (TPSA) is 36.9 Å². The van der Waals surface area contributed by atoms with E-state index in [2.05, 4.69) is 0 Å².